The van der Waals surface area contributed by atoms with Crippen LogP contribution in [0.25, 0.3) is 0 Å². The van der Waals surface area contributed by atoms with Crippen LogP contribution >= 0.6 is 0 Å². The van der Waals surface area contributed by atoms with E-state index in [-0.39, 0.29) is 17.7 Å². The van der Waals surface area contributed by atoms with Crippen LogP contribution in [0.1, 0.15) is 37.7 Å². The van der Waals surface area contributed by atoms with Gasteiger partial charge in [-0.1, -0.05) is 31.4 Å². The first-order valence-corrected chi connectivity index (χ1v) is 7.17. The fourth-order valence-corrected chi connectivity index (χ4v) is 2.66. The monoisotopic (exact) mass is 272 g/mol. The number of hydrogen-bond donors (Lipinski definition) is 2. The van der Waals surface area contributed by atoms with E-state index in [4.69, 9.17) is 0 Å². The molecule has 106 valence electrons. The highest BCUT2D eigenvalue weighted by Crippen LogP contribution is 2.19. The summed E-state index contributed by atoms with van der Waals surface area (Å²) >= 11 is 0. The highest BCUT2D eigenvalue weighted by atomic mass is 16.3. The van der Waals surface area contributed by atoms with Gasteiger partial charge in [0, 0.05) is 6.04 Å². The quantitative estimate of drug-likeness (QED) is 0.884. The summed E-state index contributed by atoms with van der Waals surface area (Å²) in [6, 6.07) is 8.99. The number of carbonyl (C=O) groups excluding carboxylic acids is 1. The third kappa shape index (κ3) is 3.99. The molecule has 1 aromatic rings. The minimum Gasteiger partial charge on any atom is -0.508 e. The first-order chi connectivity index (χ1) is 9.69. The maximum absolute atomic E-state index is 12.1. The number of aromatic hydroxyl groups is 1. The number of benzene rings is 1. The molecule has 1 amide bonds. The second-order valence-corrected chi connectivity index (χ2v) is 5.40. The van der Waals surface area contributed by atoms with Gasteiger partial charge in [-0.15, -0.1) is 0 Å². The Bertz CT molecular complexity index is 501. The molecule has 0 spiro atoms. The molecule has 0 aromatic heterocycles. The van der Waals surface area contributed by atoms with Crippen LogP contribution in [0.5, 0.6) is 5.75 Å². The van der Waals surface area contributed by atoms with E-state index in [2.05, 4.69) is 11.4 Å². The van der Waals surface area contributed by atoms with Gasteiger partial charge in [-0.2, -0.15) is 5.26 Å². The third-order valence-electron chi connectivity index (χ3n) is 3.77. The lowest BCUT2D eigenvalue weighted by molar-refractivity contribution is -0.124. The molecule has 1 aliphatic rings. The van der Waals surface area contributed by atoms with Crippen LogP contribution in [-0.2, 0) is 11.2 Å². The normalized spacial score (nSPS) is 17.1. The number of nitrogens with one attached hydrogen (secondary N) is 1. The van der Waals surface area contributed by atoms with Crippen LogP contribution in [0.15, 0.2) is 24.3 Å². The molecule has 0 saturated heterocycles. The smallest absolute Gasteiger partial charge is 0.237 e. The predicted molar refractivity (Wildman–Crippen MR) is 75.9 cm³/mol. The summed E-state index contributed by atoms with van der Waals surface area (Å²) in [4.78, 5) is 12.1. The summed E-state index contributed by atoms with van der Waals surface area (Å²) in [5, 5.41) is 21.6. The highest BCUT2D eigenvalue weighted by molar-refractivity contribution is 5.81. The van der Waals surface area contributed by atoms with Crippen LogP contribution in [0.4, 0.5) is 0 Å². The molecule has 1 aromatic carbocycles. The lowest BCUT2D eigenvalue weighted by Gasteiger charge is -2.23. The molecule has 1 unspecified atom stereocenters. The summed E-state index contributed by atoms with van der Waals surface area (Å²) in [6.45, 7) is 0. The number of nitrogens with zero attached hydrogens (tertiary/aromatic N) is 1. The van der Waals surface area contributed by atoms with Crippen LogP contribution in [0, 0.1) is 17.2 Å². The first-order valence-electron chi connectivity index (χ1n) is 7.17. The first kappa shape index (κ1) is 14.4. The zero-order valence-electron chi connectivity index (χ0n) is 11.5. The van der Waals surface area contributed by atoms with Crippen LogP contribution in [0.2, 0.25) is 0 Å². The number of phenols is 1. The molecule has 20 heavy (non-hydrogen) atoms. The average molecular weight is 272 g/mol. The minimum absolute atomic E-state index is 0.159. The van der Waals surface area contributed by atoms with Gasteiger partial charge in [0.25, 0.3) is 0 Å². The minimum atomic E-state index is -0.696. The second kappa shape index (κ2) is 6.95. The SMILES string of the molecule is N#CC(Cc1cccc(O)c1)C(=O)NC1CCCCC1. The van der Waals surface area contributed by atoms with E-state index in [0.29, 0.717) is 6.42 Å². The van der Waals surface area contributed by atoms with E-state index in [0.717, 1.165) is 31.2 Å². The van der Waals surface area contributed by atoms with Crippen molar-refractivity contribution in [3.63, 3.8) is 0 Å². The third-order valence-corrected chi connectivity index (χ3v) is 3.77. The molecule has 1 saturated carbocycles. The van der Waals surface area contributed by atoms with E-state index in [1.54, 1.807) is 18.2 Å². The molecule has 0 radical (unpaired) electrons. The molecule has 2 N–H and O–H groups in total. The Hall–Kier alpha value is -2.02. The summed E-state index contributed by atoms with van der Waals surface area (Å²) < 4.78 is 0. The van der Waals surface area contributed by atoms with Gasteiger partial charge >= 0.3 is 0 Å². The fourth-order valence-electron chi connectivity index (χ4n) is 2.66. The van der Waals surface area contributed by atoms with Crippen molar-refractivity contribution in [1.82, 2.24) is 5.32 Å². The van der Waals surface area contributed by atoms with Crippen molar-refractivity contribution in [2.45, 2.75) is 44.6 Å². The van der Waals surface area contributed by atoms with E-state index >= 15 is 0 Å². The zero-order chi connectivity index (χ0) is 14.4. The van der Waals surface area contributed by atoms with Crippen LogP contribution in [0.3, 0.4) is 0 Å². The standard InChI is InChI=1S/C16H20N2O2/c17-11-13(9-12-5-4-8-15(19)10-12)16(20)18-14-6-2-1-3-7-14/h4-5,8,10,13-14,19H,1-3,6-7,9H2,(H,18,20). The fraction of sp³-hybridized carbons (Fsp3) is 0.500. The van der Waals surface area contributed by atoms with Crippen LogP contribution < -0.4 is 5.32 Å². The van der Waals surface area contributed by atoms with E-state index in [1.165, 1.54) is 6.42 Å². The Labute approximate surface area is 119 Å². The van der Waals surface area contributed by atoms with Crippen molar-refractivity contribution >= 4 is 5.91 Å². The van der Waals surface area contributed by atoms with Gasteiger partial charge in [-0.3, -0.25) is 4.79 Å². The molecule has 1 aliphatic carbocycles. The maximum atomic E-state index is 12.1. The Morgan fingerprint density at radius 1 is 1.40 bits per heavy atom. The summed E-state index contributed by atoms with van der Waals surface area (Å²) in [6.07, 6.45) is 5.89. The summed E-state index contributed by atoms with van der Waals surface area (Å²) in [5.41, 5.74) is 0.801. The second-order valence-electron chi connectivity index (χ2n) is 5.40. The molecule has 2 rings (SSSR count). The number of carbonyl (C=O) groups is 1. The predicted octanol–water partition coefficient (Wildman–Crippen LogP) is 2.52. The molecule has 0 aliphatic heterocycles. The van der Waals surface area contributed by atoms with Gasteiger partial charge in [0.2, 0.25) is 5.91 Å². The zero-order valence-corrected chi connectivity index (χ0v) is 11.5. The molecule has 0 heterocycles. The molecule has 1 fully saturated rings. The number of phenolic OH excluding ortho intramolecular Hbond substituents is 1. The van der Waals surface area contributed by atoms with Crippen molar-refractivity contribution in [1.29, 1.82) is 5.26 Å². The van der Waals surface area contributed by atoms with Crippen molar-refractivity contribution in [3.8, 4) is 11.8 Å². The average Bonchev–Trinajstić information content (AvgIpc) is 2.46. The van der Waals surface area contributed by atoms with Gasteiger partial charge in [0.15, 0.2) is 0 Å². The number of amides is 1. The van der Waals surface area contributed by atoms with Crippen molar-refractivity contribution in [3.05, 3.63) is 29.8 Å². The number of nitriles is 1. The topological polar surface area (TPSA) is 73.1 Å². The van der Waals surface area contributed by atoms with Crippen molar-refractivity contribution in [2.75, 3.05) is 0 Å². The van der Waals surface area contributed by atoms with E-state index in [9.17, 15) is 15.2 Å². The van der Waals surface area contributed by atoms with Gasteiger partial charge in [-0.05, 0) is 37.0 Å². The van der Waals surface area contributed by atoms with Crippen LogP contribution in [-0.4, -0.2) is 17.1 Å². The Balaban J connectivity index is 1.93. The van der Waals surface area contributed by atoms with E-state index < -0.39 is 5.92 Å². The molecule has 4 nitrogen and oxygen atoms in total. The van der Waals surface area contributed by atoms with Crippen molar-refractivity contribution in [2.24, 2.45) is 5.92 Å². The lowest BCUT2D eigenvalue weighted by atomic mass is 9.94. The summed E-state index contributed by atoms with van der Waals surface area (Å²) in [5.74, 6) is -0.728. The lowest BCUT2D eigenvalue weighted by Crippen LogP contribution is -2.40. The number of rotatable bonds is 4. The van der Waals surface area contributed by atoms with Gasteiger partial charge in [-0.25, -0.2) is 0 Å². The Morgan fingerprint density at radius 3 is 2.80 bits per heavy atom. The molecule has 1 atom stereocenters. The molecule has 0 bridgehead atoms. The molecule has 4 heteroatoms. The maximum Gasteiger partial charge on any atom is 0.237 e. The van der Waals surface area contributed by atoms with Gasteiger partial charge < -0.3 is 10.4 Å². The highest BCUT2D eigenvalue weighted by Gasteiger charge is 2.22. The molecular formula is C16H20N2O2. The summed E-state index contributed by atoms with van der Waals surface area (Å²) in [7, 11) is 0. The van der Waals surface area contributed by atoms with E-state index in [1.807, 2.05) is 6.07 Å². The van der Waals surface area contributed by atoms with Gasteiger partial charge in [0.05, 0.1) is 6.07 Å². The Kier molecular flexibility index (Phi) is 5.00. The Morgan fingerprint density at radius 2 is 2.15 bits per heavy atom. The van der Waals surface area contributed by atoms with Crippen molar-refractivity contribution < 1.29 is 9.90 Å². The largest absolute Gasteiger partial charge is 0.508 e. The van der Waals surface area contributed by atoms with Gasteiger partial charge in [0.1, 0.15) is 11.7 Å². The molecular weight excluding hydrogens is 252 g/mol. The number of hydrogen-bond acceptors (Lipinski definition) is 3.